The molecular formula is C14H13FN2O2S2. The molecular weight excluding hydrogens is 311 g/mol. The summed E-state index contributed by atoms with van der Waals surface area (Å²) in [5.74, 6) is -0.493. The van der Waals surface area contributed by atoms with E-state index in [9.17, 15) is 12.8 Å². The average Bonchev–Trinajstić information content (AvgIpc) is 2.47. The first-order valence-electron chi connectivity index (χ1n) is 5.97. The molecule has 0 heterocycles. The maximum Gasteiger partial charge on any atom is 0.264 e. The number of rotatable bonds is 4. The maximum absolute atomic E-state index is 12.9. The van der Waals surface area contributed by atoms with Gasteiger partial charge in [-0.25, -0.2) is 12.8 Å². The lowest BCUT2D eigenvalue weighted by molar-refractivity contribution is 0.593. The summed E-state index contributed by atoms with van der Waals surface area (Å²) in [5, 5.41) is 0. The largest absolute Gasteiger partial charge is 0.389 e. The lowest BCUT2D eigenvalue weighted by Gasteiger charge is -2.20. The summed E-state index contributed by atoms with van der Waals surface area (Å²) in [7, 11) is -2.35. The topological polar surface area (TPSA) is 63.4 Å². The van der Waals surface area contributed by atoms with E-state index in [2.05, 4.69) is 0 Å². The van der Waals surface area contributed by atoms with Gasteiger partial charge in [-0.05, 0) is 36.4 Å². The van der Waals surface area contributed by atoms with Crippen LogP contribution in [-0.4, -0.2) is 20.5 Å². The Morgan fingerprint density at radius 3 is 2.38 bits per heavy atom. The Morgan fingerprint density at radius 2 is 1.81 bits per heavy atom. The van der Waals surface area contributed by atoms with Crippen LogP contribution in [0.5, 0.6) is 0 Å². The van der Waals surface area contributed by atoms with E-state index >= 15 is 0 Å². The van der Waals surface area contributed by atoms with Crippen LogP contribution in [0.4, 0.5) is 10.1 Å². The van der Waals surface area contributed by atoms with Crippen molar-refractivity contribution in [1.29, 1.82) is 0 Å². The van der Waals surface area contributed by atoms with Crippen molar-refractivity contribution in [1.82, 2.24) is 0 Å². The Bertz CT molecular complexity index is 774. The number of anilines is 1. The molecule has 0 radical (unpaired) electrons. The summed E-state index contributed by atoms with van der Waals surface area (Å²) in [6.45, 7) is 0. The van der Waals surface area contributed by atoms with Gasteiger partial charge in [0.1, 0.15) is 10.8 Å². The number of benzene rings is 2. The fourth-order valence-corrected chi connectivity index (χ4v) is 3.07. The zero-order chi connectivity index (χ0) is 15.6. The summed E-state index contributed by atoms with van der Waals surface area (Å²) < 4.78 is 38.9. The highest BCUT2D eigenvalue weighted by atomic mass is 32.2. The molecule has 0 aliphatic carbocycles. The van der Waals surface area contributed by atoms with Gasteiger partial charge in [0.25, 0.3) is 10.0 Å². The number of hydrogen-bond donors (Lipinski definition) is 1. The SMILES string of the molecule is CN(c1cccc(C(N)=S)c1)S(=O)(=O)c1ccc(F)cc1. The molecule has 0 saturated heterocycles. The first-order chi connectivity index (χ1) is 9.82. The third-order valence-corrected chi connectivity index (χ3v) is 5.00. The summed E-state index contributed by atoms with van der Waals surface area (Å²) in [5.41, 5.74) is 6.54. The lowest BCUT2D eigenvalue weighted by Crippen LogP contribution is -2.26. The van der Waals surface area contributed by atoms with Gasteiger partial charge in [0.05, 0.1) is 10.6 Å². The van der Waals surface area contributed by atoms with Gasteiger partial charge in [-0.15, -0.1) is 0 Å². The van der Waals surface area contributed by atoms with Crippen molar-refractivity contribution in [3.8, 4) is 0 Å². The van der Waals surface area contributed by atoms with Crippen LogP contribution in [0, 0.1) is 5.82 Å². The predicted molar refractivity (Wildman–Crippen MR) is 84.3 cm³/mol. The van der Waals surface area contributed by atoms with Crippen LogP contribution in [0.25, 0.3) is 0 Å². The molecule has 2 N–H and O–H groups in total. The maximum atomic E-state index is 12.9. The number of halogens is 1. The molecule has 4 nitrogen and oxygen atoms in total. The fraction of sp³-hybridized carbons (Fsp3) is 0.0714. The number of sulfonamides is 1. The van der Waals surface area contributed by atoms with Gasteiger partial charge in [0.15, 0.2) is 0 Å². The van der Waals surface area contributed by atoms with Gasteiger partial charge < -0.3 is 5.73 Å². The van der Waals surface area contributed by atoms with E-state index in [4.69, 9.17) is 18.0 Å². The van der Waals surface area contributed by atoms with E-state index in [1.54, 1.807) is 24.3 Å². The molecule has 2 aromatic carbocycles. The third kappa shape index (κ3) is 3.20. The summed E-state index contributed by atoms with van der Waals surface area (Å²) in [4.78, 5) is 0.191. The van der Waals surface area contributed by atoms with Crippen LogP contribution in [0.1, 0.15) is 5.56 Å². The van der Waals surface area contributed by atoms with E-state index < -0.39 is 15.8 Å². The molecule has 7 heteroatoms. The smallest absolute Gasteiger partial charge is 0.264 e. The van der Waals surface area contributed by atoms with Crippen molar-refractivity contribution in [2.75, 3.05) is 11.4 Å². The molecule has 0 saturated carbocycles. The molecule has 0 spiro atoms. The average molecular weight is 324 g/mol. The summed E-state index contributed by atoms with van der Waals surface area (Å²) in [6.07, 6.45) is 0. The predicted octanol–water partition coefficient (Wildman–Crippen LogP) is 2.29. The van der Waals surface area contributed by atoms with Gasteiger partial charge in [-0.1, -0.05) is 24.4 Å². The normalized spacial score (nSPS) is 11.1. The van der Waals surface area contributed by atoms with Gasteiger partial charge in [-0.3, -0.25) is 4.31 Å². The monoisotopic (exact) mass is 324 g/mol. The highest BCUT2D eigenvalue weighted by Gasteiger charge is 2.21. The molecule has 0 fully saturated rings. The molecule has 2 aromatic rings. The number of thiocarbonyl (C=S) groups is 1. The molecule has 2 rings (SSSR count). The summed E-state index contributed by atoms with van der Waals surface area (Å²) in [6, 6.07) is 11.2. The van der Waals surface area contributed by atoms with Gasteiger partial charge >= 0.3 is 0 Å². The Labute approximate surface area is 128 Å². The first-order valence-corrected chi connectivity index (χ1v) is 7.81. The second-order valence-corrected chi connectivity index (χ2v) is 6.75. The van der Waals surface area contributed by atoms with Crippen molar-refractivity contribution >= 4 is 32.9 Å². The molecule has 110 valence electrons. The minimum Gasteiger partial charge on any atom is -0.389 e. The molecule has 0 aliphatic rings. The zero-order valence-electron chi connectivity index (χ0n) is 11.2. The lowest BCUT2D eigenvalue weighted by atomic mass is 10.2. The van der Waals surface area contributed by atoms with E-state index in [1.807, 2.05) is 0 Å². The highest BCUT2D eigenvalue weighted by molar-refractivity contribution is 7.92. The fourth-order valence-electron chi connectivity index (χ4n) is 1.76. The van der Waals surface area contributed by atoms with Crippen LogP contribution < -0.4 is 10.0 Å². The molecule has 0 amide bonds. The Balaban J connectivity index is 2.43. The van der Waals surface area contributed by atoms with E-state index in [-0.39, 0.29) is 9.88 Å². The molecule has 0 unspecified atom stereocenters. The second kappa shape index (κ2) is 5.79. The Hall–Kier alpha value is -1.99. The van der Waals surface area contributed by atoms with Crippen LogP contribution in [0.3, 0.4) is 0 Å². The van der Waals surface area contributed by atoms with E-state index in [0.29, 0.717) is 11.3 Å². The number of hydrogen-bond acceptors (Lipinski definition) is 3. The van der Waals surface area contributed by atoms with Gasteiger partial charge in [0.2, 0.25) is 0 Å². The summed E-state index contributed by atoms with van der Waals surface area (Å²) >= 11 is 4.88. The second-order valence-electron chi connectivity index (χ2n) is 4.34. The van der Waals surface area contributed by atoms with E-state index in [1.165, 1.54) is 19.2 Å². The van der Waals surface area contributed by atoms with Crippen molar-refractivity contribution < 1.29 is 12.8 Å². The van der Waals surface area contributed by atoms with Crippen LogP contribution in [0.15, 0.2) is 53.4 Å². The third-order valence-electron chi connectivity index (χ3n) is 2.97. The van der Waals surface area contributed by atoms with Crippen LogP contribution in [0.2, 0.25) is 0 Å². The van der Waals surface area contributed by atoms with Crippen molar-refractivity contribution in [2.45, 2.75) is 4.90 Å². The molecule has 0 aliphatic heterocycles. The van der Waals surface area contributed by atoms with E-state index in [0.717, 1.165) is 16.4 Å². The highest BCUT2D eigenvalue weighted by Crippen LogP contribution is 2.23. The Morgan fingerprint density at radius 1 is 1.19 bits per heavy atom. The quantitative estimate of drug-likeness (QED) is 0.877. The van der Waals surface area contributed by atoms with Crippen LogP contribution >= 0.6 is 12.2 Å². The zero-order valence-corrected chi connectivity index (χ0v) is 12.8. The minimum absolute atomic E-state index is 0.00660. The van der Waals surface area contributed by atoms with Crippen molar-refractivity contribution in [3.63, 3.8) is 0 Å². The number of nitrogens with two attached hydrogens (primary N) is 1. The van der Waals surface area contributed by atoms with Gasteiger partial charge in [0, 0.05) is 12.6 Å². The van der Waals surface area contributed by atoms with Crippen LogP contribution in [-0.2, 0) is 10.0 Å². The molecule has 0 atom stereocenters. The van der Waals surface area contributed by atoms with Crippen molar-refractivity contribution in [3.05, 3.63) is 59.9 Å². The molecule has 0 aromatic heterocycles. The van der Waals surface area contributed by atoms with Gasteiger partial charge in [-0.2, -0.15) is 0 Å². The molecule has 0 bridgehead atoms. The van der Waals surface area contributed by atoms with Crippen molar-refractivity contribution in [2.24, 2.45) is 5.73 Å². The standard InChI is InChI=1S/C14H13FN2O2S2/c1-17(12-4-2-3-10(9-12)14(16)20)21(18,19)13-7-5-11(15)6-8-13/h2-9H,1H3,(H2,16,20). The number of nitrogens with zero attached hydrogens (tertiary/aromatic N) is 1. The Kier molecular flexibility index (Phi) is 4.24. The molecule has 21 heavy (non-hydrogen) atoms. The first kappa shape index (κ1) is 15.4. The minimum atomic E-state index is -3.77.